The van der Waals surface area contributed by atoms with E-state index in [2.05, 4.69) is 0 Å². The summed E-state index contributed by atoms with van der Waals surface area (Å²) < 4.78 is 46.4. The number of ether oxygens (including phenoxy) is 3. The molecule has 2 aromatic carbocycles. The Morgan fingerprint density at radius 1 is 1.07 bits per heavy atom. The fraction of sp³-hybridized carbons (Fsp3) is 0.250. The maximum absolute atomic E-state index is 12.6. The molecule has 3 rings (SSSR count). The van der Waals surface area contributed by atoms with Crippen molar-refractivity contribution in [3.05, 3.63) is 77.6 Å². The number of aryl methyl sites for hydroxylation is 1. The van der Waals surface area contributed by atoms with E-state index in [4.69, 9.17) is 18.4 Å². The minimum absolute atomic E-state index is 0.00686. The maximum Gasteiger partial charge on any atom is 0.339 e. The third kappa shape index (κ3) is 4.78. The van der Waals surface area contributed by atoms with Crippen LogP contribution in [0.25, 0.3) is 0 Å². The van der Waals surface area contributed by atoms with Crippen molar-refractivity contribution in [3.63, 3.8) is 0 Å². The fourth-order valence-electron chi connectivity index (χ4n) is 2.51. The van der Waals surface area contributed by atoms with E-state index in [1.807, 2.05) is 6.92 Å². The summed E-state index contributed by atoms with van der Waals surface area (Å²) in [5, 5.41) is 0. The largest absolute Gasteiger partial charge is 0.448 e. The Labute approximate surface area is 163 Å². The zero-order chi connectivity index (χ0) is 20.1. The number of rotatable bonds is 6. The highest BCUT2D eigenvalue weighted by Crippen LogP contribution is 2.25. The van der Waals surface area contributed by atoms with Crippen molar-refractivity contribution in [2.45, 2.75) is 24.2 Å². The summed E-state index contributed by atoms with van der Waals surface area (Å²) in [5.41, 5.74) is 1.25. The Kier molecular flexibility index (Phi) is 6.13. The molecule has 28 heavy (non-hydrogen) atoms. The number of esters is 1. The Bertz CT molecular complexity index is 950. The van der Waals surface area contributed by atoms with Gasteiger partial charge in [0, 0.05) is 13.2 Å². The van der Waals surface area contributed by atoms with E-state index >= 15 is 0 Å². The van der Waals surface area contributed by atoms with Crippen LogP contribution in [0.15, 0.2) is 71.3 Å². The predicted octanol–water partition coefficient (Wildman–Crippen LogP) is 2.81. The summed E-state index contributed by atoms with van der Waals surface area (Å²) in [6.45, 7) is 1.74. The third-order valence-electron chi connectivity index (χ3n) is 4.04. The lowest BCUT2D eigenvalue weighted by Gasteiger charge is -2.27. The van der Waals surface area contributed by atoms with Crippen LogP contribution in [0.4, 0.5) is 0 Å². The minimum Gasteiger partial charge on any atom is -0.448 e. The number of carbonyl (C=O) groups is 1. The fourth-order valence-corrected chi connectivity index (χ4v) is 3.50. The molecule has 1 aliphatic rings. The van der Waals surface area contributed by atoms with Crippen LogP contribution in [-0.2, 0) is 28.5 Å². The zero-order valence-corrected chi connectivity index (χ0v) is 16.2. The first-order valence-corrected chi connectivity index (χ1v) is 9.93. The Balaban J connectivity index is 1.82. The number of benzene rings is 2. The summed E-state index contributed by atoms with van der Waals surface area (Å²) >= 11 is 0. The molecular formula is C20H20O7S. The molecular weight excluding hydrogens is 384 g/mol. The summed E-state index contributed by atoms with van der Waals surface area (Å²) in [6.07, 6.45) is -0.507. The molecule has 1 aliphatic heterocycles. The molecule has 0 fully saturated rings. The van der Waals surface area contributed by atoms with Gasteiger partial charge in [-0.1, -0.05) is 35.9 Å². The smallest absolute Gasteiger partial charge is 0.339 e. The summed E-state index contributed by atoms with van der Waals surface area (Å²) in [7, 11) is -2.71. The van der Waals surface area contributed by atoms with E-state index in [0.717, 1.165) is 5.56 Å². The van der Waals surface area contributed by atoms with Crippen LogP contribution in [0.2, 0.25) is 0 Å². The van der Waals surface area contributed by atoms with Crippen LogP contribution >= 0.6 is 0 Å². The average Bonchev–Trinajstić information content (AvgIpc) is 2.70. The molecule has 0 N–H and O–H groups in total. The second kappa shape index (κ2) is 8.55. The van der Waals surface area contributed by atoms with Gasteiger partial charge in [-0.15, -0.1) is 0 Å². The van der Waals surface area contributed by atoms with Gasteiger partial charge in [-0.2, -0.15) is 8.42 Å². The molecule has 0 saturated heterocycles. The Hall–Kier alpha value is -2.68. The first-order chi connectivity index (χ1) is 13.4. The maximum atomic E-state index is 12.6. The van der Waals surface area contributed by atoms with Gasteiger partial charge < -0.3 is 18.4 Å². The molecule has 2 atom stereocenters. The number of hydrogen-bond acceptors (Lipinski definition) is 7. The molecule has 2 aromatic rings. The third-order valence-corrected chi connectivity index (χ3v) is 5.30. The van der Waals surface area contributed by atoms with Crippen LogP contribution in [0.3, 0.4) is 0 Å². The van der Waals surface area contributed by atoms with Gasteiger partial charge in [0.15, 0.2) is 18.2 Å². The standard InChI is InChI=1S/C20H20O7S/c1-14-8-10-16(11-9-14)28(22,23)27-17-12-19(24-2)25-13-18(17)26-20(21)15-6-4-3-5-7-15/h3-12,18-19H,13H2,1-2H3/t18-,19-/m0/s1. The van der Waals surface area contributed by atoms with Crippen LogP contribution in [0, 0.1) is 6.92 Å². The molecule has 148 valence electrons. The molecule has 0 saturated carbocycles. The molecule has 0 bridgehead atoms. The predicted molar refractivity (Wildman–Crippen MR) is 99.9 cm³/mol. The van der Waals surface area contributed by atoms with Gasteiger partial charge in [0.05, 0.1) is 12.2 Å². The molecule has 0 spiro atoms. The second-order valence-corrected chi connectivity index (χ2v) is 7.66. The van der Waals surface area contributed by atoms with Crippen molar-refractivity contribution in [2.75, 3.05) is 13.7 Å². The number of hydrogen-bond donors (Lipinski definition) is 0. The normalized spacial score (nSPS) is 19.6. The highest BCUT2D eigenvalue weighted by molar-refractivity contribution is 7.86. The van der Waals surface area contributed by atoms with Crippen molar-refractivity contribution in [1.29, 1.82) is 0 Å². The first-order valence-electron chi connectivity index (χ1n) is 8.52. The van der Waals surface area contributed by atoms with Crippen molar-refractivity contribution in [3.8, 4) is 0 Å². The topological polar surface area (TPSA) is 88.1 Å². The molecule has 0 radical (unpaired) electrons. The number of carbonyl (C=O) groups excluding carboxylic acids is 1. The van der Waals surface area contributed by atoms with Gasteiger partial charge >= 0.3 is 16.1 Å². The van der Waals surface area contributed by atoms with Gasteiger partial charge in [-0.25, -0.2) is 4.79 Å². The molecule has 0 amide bonds. The zero-order valence-electron chi connectivity index (χ0n) is 15.4. The molecule has 0 unspecified atom stereocenters. The highest BCUT2D eigenvalue weighted by atomic mass is 32.2. The number of methoxy groups -OCH3 is 1. The summed E-state index contributed by atoms with van der Waals surface area (Å²) in [4.78, 5) is 12.3. The van der Waals surface area contributed by atoms with Crippen LogP contribution in [0.1, 0.15) is 15.9 Å². The molecule has 8 heteroatoms. The van der Waals surface area contributed by atoms with Crippen LogP contribution < -0.4 is 0 Å². The second-order valence-electron chi connectivity index (χ2n) is 6.12. The molecule has 1 heterocycles. The van der Waals surface area contributed by atoms with E-state index in [1.165, 1.54) is 25.3 Å². The van der Waals surface area contributed by atoms with Crippen molar-refractivity contribution < 1.29 is 31.6 Å². The molecule has 0 aliphatic carbocycles. The van der Waals surface area contributed by atoms with E-state index in [-0.39, 0.29) is 17.3 Å². The van der Waals surface area contributed by atoms with E-state index < -0.39 is 28.5 Å². The summed E-state index contributed by atoms with van der Waals surface area (Å²) in [6, 6.07) is 14.6. The highest BCUT2D eigenvalue weighted by Gasteiger charge is 2.32. The van der Waals surface area contributed by atoms with E-state index in [1.54, 1.807) is 42.5 Å². The summed E-state index contributed by atoms with van der Waals surface area (Å²) in [5.74, 6) is -0.685. The minimum atomic E-state index is -4.11. The first kappa shape index (κ1) is 20.1. The van der Waals surface area contributed by atoms with Crippen molar-refractivity contribution >= 4 is 16.1 Å². The van der Waals surface area contributed by atoms with Gasteiger partial charge in [0.2, 0.25) is 0 Å². The van der Waals surface area contributed by atoms with Crippen molar-refractivity contribution in [2.24, 2.45) is 0 Å². The van der Waals surface area contributed by atoms with E-state index in [9.17, 15) is 13.2 Å². The Morgan fingerprint density at radius 3 is 2.39 bits per heavy atom. The lowest BCUT2D eigenvalue weighted by molar-refractivity contribution is -0.126. The lowest BCUT2D eigenvalue weighted by Crippen LogP contribution is -2.35. The monoisotopic (exact) mass is 404 g/mol. The average molecular weight is 404 g/mol. The van der Waals surface area contributed by atoms with Crippen molar-refractivity contribution in [1.82, 2.24) is 0 Å². The quantitative estimate of drug-likeness (QED) is 0.540. The molecule has 0 aromatic heterocycles. The Morgan fingerprint density at radius 2 is 1.75 bits per heavy atom. The van der Waals surface area contributed by atoms with Gasteiger partial charge in [0.1, 0.15) is 4.90 Å². The van der Waals surface area contributed by atoms with Gasteiger partial charge in [-0.3, -0.25) is 0 Å². The van der Waals surface area contributed by atoms with Gasteiger partial charge in [-0.05, 0) is 31.2 Å². The SMILES string of the molecule is CO[C@@H]1C=C(OS(=O)(=O)c2ccc(C)cc2)[C@@H](OC(=O)c2ccccc2)CO1. The van der Waals surface area contributed by atoms with Gasteiger partial charge in [0.25, 0.3) is 0 Å². The lowest BCUT2D eigenvalue weighted by atomic mass is 10.2. The van der Waals surface area contributed by atoms with Crippen LogP contribution in [0.5, 0.6) is 0 Å². The van der Waals surface area contributed by atoms with Crippen LogP contribution in [-0.4, -0.2) is 40.5 Å². The van der Waals surface area contributed by atoms with E-state index in [0.29, 0.717) is 5.56 Å². The molecule has 7 nitrogen and oxygen atoms in total.